The van der Waals surface area contributed by atoms with Crippen LogP contribution in [0.3, 0.4) is 0 Å². The second kappa shape index (κ2) is 9.57. The molecule has 2 aromatic heterocycles. The number of amides is 1. The highest BCUT2D eigenvalue weighted by atomic mass is 35.5. The number of carbonyl (C=O) groups excluding carboxylic acids is 1. The van der Waals surface area contributed by atoms with Crippen LogP contribution in [0.1, 0.15) is 39.7 Å². The Kier molecular flexibility index (Phi) is 6.76. The van der Waals surface area contributed by atoms with Crippen molar-refractivity contribution in [3.8, 4) is 0 Å². The fourth-order valence-corrected chi connectivity index (χ4v) is 4.33. The van der Waals surface area contributed by atoms with Gasteiger partial charge in [-0.25, -0.2) is 14.8 Å². The number of ether oxygens (including phenoxy) is 1. The molecule has 0 saturated carbocycles. The molecule has 1 aliphatic rings. The highest BCUT2D eigenvalue weighted by Crippen LogP contribution is 2.29. The quantitative estimate of drug-likeness (QED) is 0.480. The van der Waals surface area contributed by atoms with Gasteiger partial charge in [-0.1, -0.05) is 18.5 Å². The Balaban J connectivity index is 1.43. The molecule has 1 aliphatic heterocycles. The van der Waals surface area contributed by atoms with Crippen molar-refractivity contribution in [3.05, 3.63) is 47.4 Å². The zero-order valence-electron chi connectivity index (χ0n) is 19.5. The summed E-state index contributed by atoms with van der Waals surface area (Å²) in [5.74, 6) is 1.06. The summed E-state index contributed by atoms with van der Waals surface area (Å²) >= 11 is 6.01. The third-order valence-electron chi connectivity index (χ3n) is 5.74. The second-order valence-corrected chi connectivity index (χ2v) is 10.1. The van der Waals surface area contributed by atoms with Crippen LogP contribution in [0.15, 0.2) is 36.8 Å². The first-order chi connectivity index (χ1) is 15.7. The van der Waals surface area contributed by atoms with E-state index in [1.165, 1.54) is 0 Å². The summed E-state index contributed by atoms with van der Waals surface area (Å²) in [6, 6.07) is 7.64. The summed E-state index contributed by atoms with van der Waals surface area (Å²) < 4.78 is 5.42. The van der Waals surface area contributed by atoms with Crippen LogP contribution in [-0.4, -0.2) is 50.7 Å². The van der Waals surface area contributed by atoms with E-state index in [0.717, 1.165) is 54.2 Å². The van der Waals surface area contributed by atoms with Gasteiger partial charge in [0.1, 0.15) is 23.4 Å². The lowest BCUT2D eigenvalue weighted by Gasteiger charge is -2.37. The monoisotopic (exact) mass is 470 g/mol. The van der Waals surface area contributed by atoms with Crippen LogP contribution in [0.25, 0.3) is 11.0 Å². The highest BCUT2D eigenvalue weighted by Gasteiger charge is 2.29. The first-order valence-corrected chi connectivity index (χ1v) is 11.6. The Hall–Kier alpha value is -2.84. The molecule has 0 radical (unpaired) electrons. The molecule has 176 valence electrons. The second-order valence-electron chi connectivity index (χ2n) is 9.65. The van der Waals surface area contributed by atoms with E-state index in [1.54, 1.807) is 6.33 Å². The lowest BCUT2D eigenvalue weighted by atomic mass is 9.93. The first-order valence-electron chi connectivity index (χ1n) is 11.2. The number of alkyl carbamates (subject to hydrolysis) is 1. The third-order valence-corrected chi connectivity index (χ3v) is 6.00. The largest absolute Gasteiger partial charge is 0.444 e. The van der Waals surface area contributed by atoms with Gasteiger partial charge in [-0.15, -0.1) is 0 Å². The minimum Gasteiger partial charge on any atom is -0.444 e. The van der Waals surface area contributed by atoms with Crippen LogP contribution >= 0.6 is 11.6 Å². The summed E-state index contributed by atoms with van der Waals surface area (Å²) in [5.41, 5.74) is 2.34. The van der Waals surface area contributed by atoms with Crippen molar-refractivity contribution in [1.82, 2.24) is 25.2 Å². The summed E-state index contributed by atoms with van der Waals surface area (Å²) in [6.45, 7) is 10.3. The number of carbonyl (C=O) groups is 1. The summed E-state index contributed by atoms with van der Waals surface area (Å²) in [7, 11) is 0. The zero-order chi connectivity index (χ0) is 23.6. The number of H-pyrrole nitrogens is 1. The fraction of sp³-hybridized carbons (Fsp3) is 0.458. The maximum Gasteiger partial charge on any atom is 0.407 e. The van der Waals surface area contributed by atoms with E-state index in [0.29, 0.717) is 10.9 Å². The molecule has 4 rings (SSSR count). The molecule has 3 heterocycles. The number of piperidine rings is 1. The van der Waals surface area contributed by atoms with Gasteiger partial charge >= 0.3 is 6.09 Å². The molecule has 33 heavy (non-hydrogen) atoms. The van der Waals surface area contributed by atoms with E-state index in [4.69, 9.17) is 16.3 Å². The van der Waals surface area contributed by atoms with Gasteiger partial charge in [-0.2, -0.15) is 0 Å². The molecule has 1 amide bonds. The number of anilines is 2. The van der Waals surface area contributed by atoms with Gasteiger partial charge in [0, 0.05) is 42.6 Å². The number of hydrogen-bond acceptors (Lipinski definition) is 6. The van der Waals surface area contributed by atoms with E-state index in [1.807, 2.05) is 51.2 Å². The van der Waals surface area contributed by atoms with Crippen molar-refractivity contribution in [3.63, 3.8) is 0 Å². The molecule has 1 saturated heterocycles. The normalized spacial score (nSPS) is 19.4. The average molecular weight is 471 g/mol. The molecule has 8 nitrogen and oxygen atoms in total. The number of nitrogens with zero attached hydrogens (tertiary/aromatic N) is 3. The molecule has 1 fully saturated rings. The maximum absolute atomic E-state index is 12.2. The Bertz CT molecular complexity index is 1110. The van der Waals surface area contributed by atoms with Gasteiger partial charge in [-0.05, 0) is 62.9 Å². The molecule has 3 N–H and O–H groups in total. The van der Waals surface area contributed by atoms with Crippen LogP contribution in [-0.2, 0) is 11.3 Å². The number of rotatable bonds is 5. The number of aromatic nitrogens is 3. The van der Waals surface area contributed by atoms with Crippen LogP contribution in [0.2, 0.25) is 5.02 Å². The van der Waals surface area contributed by atoms with Crippen molar-refractivity contribution >= 4 is 40.2 Å². The van der Waals surface area contributed by atoms with E-state index < -0.39 is 5.60 Å². The van der Waals surface area contributed by atoms with Crippen molar-refractivity contribution in [2.24, 2.45) is 5.92 Å². The maximum atomic E-state index is 12.2. The predicted molar refractivity (Wildman–Crippen MR) is 131 cm³/mol. The molecule has 2 atom stereocenters. The minimum absolute atomic E-state index is 0.101. The lowest BCUT2D eigenvalue weighted by Crippen LogP contribution is -2.50. The molecule has 3 aromatic rings. The van der Waals surface area contributed by atoms with Crippen molar-refractivity contribution < 1.29 is 9.53 Å². The van der Waals surface area contributed by atoms with Gasteiger partial charge in [0.05, 0.1) is 5.39 Å². The number of aromatic amines is 1. The van der Waals surface area contributed by atoms with Gasteiger partial charge in [-0.3, -0.25) is 4.90 Å². The van der Waals surface area contributed by atoms with Crippen LogP contribution < -0.4 is 10.6 Å². The molecule has 9 heteroatoms. The Morgan fingerprint density at radius 1 is 1.27 bits per heavy atom. The average Bonchev–Trinajstić information content (AvgIpc) is 3.14. The smallest absolute Gasteiger partial charge is 0.407 e. The van der Waals surface area contributed by atoms with E-state index in [9.17, 15) is 4.79 Å². The Labute approximate surface area is 199 Å². The first kappa shape index (κ1) is 23.3. The lowest BCUT2D eigenvalue weighted by molar-refractivity contribution is 0.0440. The molecule has 0 spiro atoms. The number of benzene rings is 1. The van der Waals surface area contributed by atoms with Crippen molar-refractivity contribution in [1.29, 1.82) is 0 Å². The van der Waals surface area contributed by atoms with Gasteiger partial charge in [0.15, 0.2) is 0 Å². The SMILES string of the molecule is C[C@@H]1CN(Cc2c[nH]c3ncnc(Nc4ccc(Cl)cc4)c23)CC[C@H]1NC(=O)OC(C)(C)C. The van der Waals surface area contributed by atoms with Gasteiger partial charge < -0.3 is 20.4 Å². The molecule has 0 aliphatic carbocycles. The Morgan fingerprint density at radius 3 is 2.73 bits per heavy atom. The molecule has 0 bridgehead atoms. The number of nitrogens with one attached hydrogen (secondary N) is 3. The molecule has 1 aromatic carbocycles. The van der Waals surface area contributed by atoms with Gasteiger partial charge in [0.2, 0.25) is 0 Å². The number of halogens is 1. The summed E-state index contributed by atoms with van der Waals surface area (Å²) in [5, 5.41) is 8.10. The van der Waals surface area contributed by atoms with Crippen LogP contribution in [0.5, 0.6) is 0 Å². The number of likely N-dealkylation sites (tertiary alicyclic amines) is 1. The van der Waals surface area contributed by atoms with Crippen LogP contribution in [0.4, 0.5) is 16.3 Å². The fourth-order valence-electron chi connectivity index (χ4n) is 4.21. The zero-order valence-corrected chi connectivity index (χ0v) is 20.2. The van der Waals surface area contributed by atoms with Crippen molar-refractivity contribution in [2.45, 2.75) is 52.3 Å². The molecule has 0 unspecified atom stereocenters. The molecular weight excluding hydrogens is 440 g/mol. The predicted octanol–water partition coefficient (Wildman–Crippen LogP) is 5.09. The number of fused-ring (bicyclic) bond motifs is 1. The highest BCUT2D eigenvalue weighted by molar-refractivity contribution is 6.30. The van der Waals surface area contributed by atoms with Crippen LogP contribution in [0, 0.1) is 5.92 Å². The number of hydrogen-bond donors (Lipinski definition) is 3. The van der Waals surface area contributed by atoms with E-state index in [2.05, 4.69) is 37.4 Å². The summed E-state index contributed by atoms with van der Waals surface area (Å²) in [4.78, 5) is 26.7. The Morgan fingerprint density at radius 2 is 2.03 bits per heavy atom. The topological polar surface area (TPSA) is 95.2 Å². The minimum atomic E-state index is -0.497. The van der Waals surface area contributed by atoms with Crippen molar-refractivity contribution in [2.75, 3.05) is 18.4 Å². The molecular formula is C24H31ClN6O2. The standard InChI is InChI=1S/C24H31ClN6O2/c1-15-12-31(10-9-19(15)30-23(32)33-24(2,3)4)13-16-11-26-21-20(16)22(28-14-27-21)29-18-7-5-17(25)6-8-18/h5-8,11,14-15,19H,9-10,12-13H2,1-4H3,(H,30,32)(H2,26,27,28,29)/t15-,19-/m1/s1. The van der Waals surface area contributed by atoms with E-state index >= 15 is 0 Å². The van der Waals surface area contributed by atoms with Gasteiger partial charge in [0.25, 0.3) is 0 Å². The van der Waals surface area contributed by atoms with E-state index in [-0.39, 0.29) is 12.1 Å². The third kappa shape index (κ3) is 5.94. The summed E-state index contributed by atoms with van der Waals surface area (Å²) in [6.07, 6.45) is 4.08.